The molecule has 1 rings (SSSR count). The molecule has 0 aliphatic carbocycles. The van der Waals surface area contributed by atoms with Crippen LogP contribution in [0.3, 0.4) is 0 Å². The van der Waals surface area contributed by atoms with E-state index in [0.717, 1.165) is 3.57 Å². The number of anilines is 1. The molecule has 1 amide bonds. The average Bonchev–Trinajstić information content (AvgIpc) is 1.81. The Morgan fingerprint density at radius 2 is 2.33 bits per heavy atom. The number of rotatable bonds is 1. The number of hydrogen-bond acceptors (Lipinski definition) is 2. The van der Waals surface area contributed by atoms with Gasteiger partial charge in [0.25, 0.3) is 0 Å². The summed E-state index contributed by atoms with van der Waals surface area (Å²) in [6, 6.07) is 3.46. The maximum absolute atomic E-state index is 10.6. The number of halogens is 2. The van der Waals surface area contributed by atoms with Gasteiger partial charge in [-0.05, 0) is 34.7 Å². The van der Waals surface area contributed by atoms with Crippen LogP contribution < -0.4 is 5.32 Å². The molecule has 0 atom stereocenters. The van der Waals surface area contributed by atoms with E-state index < -0.39 is 0 Å². The number of nitrogens with zero attached hydrogens (tertiary/aromatic N) is 1. The minimum Gasteiger partial charge on any atom is -0.311 e. The number of carbonyl (C=O) groups excluding carboxylic acids is 1. The molecule has 0 spiro atoms. The van der Waals surface area contributed by atoms with Crippen LogP contribution in [0.2, 0.25) is 5.15 Å². The minimum absolute atomic E-state index is 0.152. The molecule has 0 aromatic carbocycles. The average molecular weight is 296 g/mol. The van der Waals surface area contributed by atoms with E-state index in [1.54, 1.807) is 12.1 Å². The first kappa shape index (κ1) is 9.73. The molecule has 0 aliphatic heterocycles. The summed E-state index contributed by atoms with van der Waals surface area (Å²) >= 11 is 7.77. The molecular formula is C7H6ClIN2O. The van der Waals surface area contributed by atoms with Crippen LogP contribution in [-0.4, -0.2) is 10.9 Å². The van der Waals surface area contributed by atoms with Crippen LogP contribution in [0, 0.1) is 3.57 Å². The van der Waals surface area contributed by atoms with Gasteiger partial charge in [0.2, 0.25) is 5.91 Å². The Hall–Kier alpha value is -0.360. The minimum atomic E-state index is -0.152. The number of nitrogens with one attached hydrogen (secondary N) is 1. The summed E-state index contributed by atoms with van der Waals surface area (Å²) in [5, 5.41) is 2.93. The smallest absolute Gasteiger partial charge is 0.222 e. The lowest BCUT2D eigenvalue weighted by molar-refractivity contribution is -0.114. The van der Waals surface area contributed by atoms with Crippen molar-refractivity contribution in [1.29, 1.82) is 0 Å². The van der Waals surface area contributed by atoms with Crippen molar-refractivity contribution in [3.8, 4) is 0 Å². The highest BCUT2D eigenvalue weighted by molar-refractivity contribution is 14.1. The molecule has 3 nitrogen and oxygen atoms in total. The van der Waals surface area contributed by atoms with E-state index in [2.05, 4.69) is 32.9 Å². The zero-order chi connectivity index (χ0) is 9.14. The largest absolute Gasteiger partial charge is 0.311 e. The van der Waals surface area contributed by atoms with Crippen molar-refractivity contribution in [2.24, 2.45) is 0 Å². The molecule has 1 aromatic rings. The predicted molar refractivity (Wildman–Crippen MR) is 56.3 cm³/mol. The molecule has 1 aromatic heterocycles. The summed E-state index contributed by atoms with van der Waals surface area (Å²) in [7, 11) is 0. The summed E-state index contributed by atoms with van der Waals surface area (Å²) in [6.45, 7) is 1.43. The van der Waals surface area contributed by atoms with Gasteiger partial charge in [0.1, 0.15) is 11.0 Å². The van der Waals surface area contributed by atoms with E-state index in [4.69, 9.17) is 11.6 Å². The molecular weight excluding hydrogens is 290 g/mol. The summed E-state index contributed by atoms with van der Waals surface area (Å²) in [4.78, 5) is 14.5. The first-order valence-corrected chi connectivity index (χ1v) is 4.64. The van der Waals surface area contributed by atoms with Gasteiger partial charge < -0.3 is 5.32 Å². The molecule has 12 heavy (non-hydrogen) atoms. The molecule has 5 heteroatoms. The summed E-state index contributed by atoms with van der Waals surface area (Å²) in [6.07, 6.45) is 0. The molecule has 0 fully saturated rings. The van der Waals surface area contributed by atoms with Gasteiger partial charge in [0.05, 0.1) is 0 Å². The van der Waals surface area contributed by atoms with Gasteiger partial charge >= 0.3 is 0 Å². The molecule has 0 radical (unpaired) electrons. The first-order chi connectivity index (χ1) is 5.58. The predicted octanol–water partition coefficient (Wildman–Crippen LogP) is 2.30. The number of pyridine rings is 1. The fraction of sp³-hybridized carbons (Fsp3) is 0.143. The van der Waals surface area contributed by atoms with Crippen LogP contribution in [0.15, 0.2) is 12.1 Å². The van der Waals surface area contributed by atoms with Crippen molar-refractivity contribution in [3.63, 3.8) is 0 Å². The van der Waals surface area contributed by atoms with Gasteiger partial charge in [-0.3, -0.25) is 4.79 Å². The zero-order valence-corrected chi connectivity index (χ0v) is 9.18. The first-order valence-electron chi connectivity index (χ1n) is 3.18. The molecule has 0 saturated carbocycles. The van der Waals surface area contributed by atoms with E-state index in [9.17, 15) is 4.79 Å². The molecule has 0 unspecified atom stereocenters. The molecule has 0 aliphatic rings. The van der Waals surface area contributed by atoms with Gasteiger partial charge in [-0.15, -0.1) is 0 Å². The maximum Gasteiger partial charge on any atom is 0.222 e. The van der Waals surface area contributed by atoms with Crippen molar-refractivity contribution in [2.45, 2.75) is 6.92 Å². The maximum atomic E-state index is 10.6. The van der Waals surface area contributed by atoms with Crippen molar-refractivity contribution >= 4 is 45.9 Å². The lowest BCUT2D eigenvalue weighted by atomic mass is 10.4. The Morgan fingerprint density at radius 3 is 2.83 bits per heavy atom. The second-order valence-electron chi connectivity index (χ2n) is 2.17. The molecule has 64 valence electrons. The zero-order valence-electron chi connectivity index (χ0n) is 6.27. The third-order valence-corrected chi connectivity index (χ3v) is 1.88. The topological polar surface area (TPSA) is 42.0 Å². The van der Waals surface area contributed by atoms with Crippen LogP contribution in [0.4, 0.5) is 5.82 Å². The molecule has 1 N–H and O–H groups in total. The van der Waals surface area contributed by atoms with Gasteiger partial charge in [-0.2, -0.15) is 0 Å². The highest BCUT2D eigenvalue weighted by Gasteiger charge is 1.99. The third-order valence-electron chi connectivity index (χ3n) is 1.06. The van der Waals surface area contributed by atoms with Crippen molar-refractivity contribution < 1.29 is 4.79 Å². The fourth-order valence-corrected chi connectivity index (χ4v) is 1.69. The van der Waals surface area contributed by atoms with Crippen LogP contribution >= 0.6 is 34.2 Å². The van der Waals surface area contributed by atoms with Crippen molar-refractivity contribution in [3.05, 3.63) is 20.9 Å². The monoisotopic (exact) mass is 296 g/mol. The second-order valence-corrected chi connectivity index (χ2v) is 3.81. The van der Waals surface area contributed by atoms with Crippen LogP contribution in [0.5, 0.6) is 0 Å². The van der Waals surface area contributed by atoms with Gasteiger partial charge in [-0.1, -0.05) is 11.6 Å². The SMILES string of the molecule is CC(=O)Nc1cc(I)cc(Cl)n1. The van der Waals surface area contributed by atoms with Crippen LogP contribution in [0.1, 0.15) is 6.92 Å². The second kappa shape index (κ2) is 4.04. The standard InChI is InChI=1S/C7H6ClIN2O/c1-4(12)10-7-3-5(9)2-6(8)11-7/h2-3H,1H3,(H,10,11,12). The Morgan fingerprint density at radius 1 is 1.67 bits per heavy atom. The van der Waals surface area contributed by atoms with E-state index in [1.165, 1.54) is 6.92 Å². The summed E-state index contributed by atoms with van der Waals surface area (Å²) < 4.78 is 0.941. The van der Waals surface area contributed by atoms with Gasteiger partial charge in [0, 0.05) is 10.5 Å². The normalized spacial score (nSPS) is 9.58. The Bertz CT molecular complexity index is 296. The van der Waals surface area contributed by atoms with E-state index >= 15 is 0 Å². The molecule has 0 bridgehead atoms. The Labute approximate surface area is 88.7 Å². The highest BCUT2D eigenvalue weighted by Crippen LogP contribution is 2.15. The third kappa shape index (κ3) is 2.94. The van der Waals surface area contributed by atoms with Crippen molar-refractivity contribution in [2.75, 3.05) is 5.32 Å². The lowest BCUT2D eigenvalue weighted by Gasteiger charge is -2.01. The Balaban J connectivity index is 2.93. The summed E-state index contributed by atoms with van der Waals surface area (Å²) in [5.74, 6) is 0.333. The van der Waals surface area contributed by atoms with E-state index in [1.807, 2.05) is 0 Å². The van der Waals surface area contributed by atoms with E-state index in [-0.39, 0.29) is 5.91 Å². The fourth-order valence-electron chi connectivity index (χ4n) is 0.710. The van der Waals surface area contributed by atoms with Crippen molar-refractivity contribution in [1.82, 2.24) is 4.98 Å². The molecule has 1 heterocycles. The van der Waals surface area contributed by atoms with Crippen LogP contribution in [0.25, 0.3) is 0 Å². The number of hydrogen-bond donors (Lipinski definition) is 1. The summed E-state index contributed by atoms with van der Waals surface area (Å²) in [5.41, 5.74) is 0. The van der Waals surface area contributed by atoms with Crippen LogP contribution in [-0.2, 0) is 4.79 Å². The quantitative estimate of drug-likeness (QED) is 0.638. The lowest BCUT2D eigenvalue weighted by Crippen LogP contribution is -2.07. The Kier molecular flexibility index (Phi) is 3.28. The number of carbonyl (C=O) groups is 1. The van der Waals surface area contributed by atoms with Gasteiger partial charge in [-0.25, -0.2) is 4.98 Å². The number of amides is 1. The molecule has 0 saturated heterocycles. The van der Waals surface area contributed by atoms with E-state index in [0.29, 0.717) is 11.0 Å². The van der Waals surface area contributed by atoms with Gasteiger partial charge in [0.15, 0.2) is 0 Å². The number of aromatic nitrogens is 1. The highest BCUT2D eigenvalue weighted by atomic mass is 127.